The van der Waals surface area contributed by atoms with Gasteiger partial charge in [-0.2, -0.15) is 5.10 Å². The molecule has 0 fully saturated rings. The zero-order valence-electron chi connectivity index (χ0n) is 24.6. The quantitative estimate of drug-likeness (QED) is 0.140. The van der Waals surface area contributed by atoms with E-state index in [0.29, 0.717) is 41.9 Å². The smallest absolute Gasteiger partial charge is 0.274 e. The van der Waals surface area contributed by atoms with Crippen molar-refractivity contribution in [1.29, 1.82) is 0 Å². The molecule has 0 unspecified atom stereocenters. The minimum atomic E-state index is -0.551. The van der Waals surface area contributed by atoms with E-state index in [1.807, 2.05) is 54.7 Å². The van der Waals surface area contributed by atoms with Gasteiger partial charge < -0.3 is 19.7 Å². The Hall–Kier alpha value is -5.00. The second-order valence-corrected chi connectivity index (χ2v) is 10.3. The highest BCUT2D eigenvalue weighted by molar-refractivity contribution is 5.93. The number of methoxy groups -OCH3 is 2. The van der Waals surface area contributed by atoms with Crippen molar-refractivity contribution in [2.45, 2.75) is 26.4 Å². The lowest BCUT2D eigenvalue weighted by Crippen LogP contribution is -2.32. The number of ether oxygens (including phenoxy) is 2. The van der Waals surface area contributed by atoms with Crippen molar-refractivity contribution >= 4 is 28.3 Å². The van der Waals surface area contributed by atoms with Crippen LogP contribution in [0.4, 0.5) is 11.4 Å². The fourth-order valence-electron chi connectivity index (χ4n) is 4.72. The largest absolute Gasteiger partial charge is 0.497 e. The predicted molar refractivity (Wildman–Crippen MR) is 165 cm³/mol. The number of carbonyl (C=O) groups is 1. The number of carbonyl (C=O) groups excluding carboxylic acids is 1. The van der Waals surface area contributed by atoms with Crippen LogP contribution in [0.25, 0.3) is 22.3 Å². The first-order valence-electron chi connectivity index (χ1n) is 13.9. The first kappa shape index (κ1) is 29.5. The number of aromatic nitrogens is 4. The number of benzene rings is 3. The average molecular weight is 582 g/mol. The highest BCUT2D eigenvalue weighted by atomic mass is 16.5. The monoisotopic (exact) mass is 581 g/mol. The molecule has 0 bridgehead atoms. The lowest BCUT2D eigenvalue weighted by atomic mass is 10.1. The zero-order chi connectivity index (χ0) is 30.3. The molecule has 0 aliphatic carbocycles. The normalized spacial score (nSPS) is 11.1. The number of amides is 1. The summed E-state index contributed by atoms with van der Waals surface area (Å²) in [6.07, 6.45) is 5.43. The molecule has 43 heavy (non-hydrogen) atoms. The summed E-state index contributed by atoms with van der Waals surface area (Å²) in [6, 6.07) is 19.2. The molecule has 0 spiro atoms. The van der Waals surface area contributed by atoms with Crippen molar-refractivity contribution in [1.82, 2.24) is 30.5 Å². The molecule has 11 nitrogen and oxygen atoms in total. The molecule has 3 aromatic carbocycles. The molecular formula is C32H35N7O4. The summed E-state index contributed by atoms with van der Waals surface area (Å²) >= 11 is 0. The van der Waals surface area contributed by atoms with Gasteiger partial charge >= 0.3 is 0 Å². The van der Waals surface area contributed by atoms with E-state index >= 15 is 0 Å². The molecule has 0 aliphatic rings. The molecule has 0 atom stereocenters. The maximum atomic E-state index is 11.6. The average Bonchev–Trinajstić information content (AvgIpc) is 3.50. The molecule has 5 rings (SSSR count). The Kier molecular flexibility index (Phi) is 9.14. The summed E-state index contributed by atoms with van der Waals surface area (Å²) in [6.45, 7) is 6.25. The summed E-state index contributed by atoms with van der Waals surface area (Å²) in [7, 11) is 3.29. The lowest BCUT2D eigenvalue weighted by molar-refractivity contribution is 0.0706. The van der Waals surface area contributed by atoms with E-state index in [1.54, 1.807) is 48.9 Å². The van der Waals surface area contributed by atoms with E-state index < -0.39 is 5.91 Å². The van der Waals surface area contributed by atoms with E-state index in [0.717, 1.165) is 40.1 Å². The molecule has 2 heterocycles. The second-order valence-electron chi connectivity index (χ2n) is 10.3. The molecule has 0 saturated carbocycles. The van der Waals surface area contributed by atoms with Crippen molar-refractivity contribution < 1.29 is 19.5 Å². The van der Waals surface area contributed by atoms with Crippen LogP contribution in [-0.4, -0.2) is 64.2 Å². The third-order valence-electron chi connectivity index (χ3n) is 6.96. The minimum Gasteiger partial charge on any atom is -0.497 e. The van der Waals surface area contributed by atoms with Gasteiger partial charge in [-0.3, -0.25) is 19.7 Å². The molecule has 1 amide bonds. The lowest BCUT2D eigenvalue weighted by Gasteiger charge is -2.27. The van der Waals surface area contributed by atoms with Crippen LogP contribution in [0.5, 0.6) is 11.5 Å². The maximum Gasteiger partial charge on any atom is 0.274 e. The maximum absolute atomic E-state index is 11.6. The third-order valence-corrected chi connectivity index (χ3v) is 6.96. The standard InChI is InChI=1S/C32H35N7O4/c1-21(2)33-11-12-39(26-13-27(42-3)16-28(14-26)43-4)25-9-10-29-30(15-25)36-31(18-34-29)24-17-35-38(20-24)19-22-5-7-23(8-6-22)32(40)37-41/h5-10,13-18,20-21,33,41H,11-12,19H2,1-4H3,(H,37,40). The van der Waals surface area contributed by atoms with Crippen molar-refractivity contribution in [2.24, 2.45) is 0 Å². The fourth-order valence-corrected chi connectivity index (χ4v) is 4.72. The Balaban J connectivity index is 1.42. The van der Waals surface area contributed by atoms with Crippen LogP contribution < -0.4 is 25.2 Å². The molecule has 0 aliphatic heterocycles. The van der Waals surface area contributed by atoms with E-state index in [-0.39, 0.29) is 0 Å². The Labute approximate surface area is 250 Å². The first-order valence-corrected chi connectivity index (χ1v) is 13.9. The summed E-state index contributed by atoms with van der Waals surface area (Å²) in [5.41, 5.74) is 7.98. The predicted octanol–water partition coefficient (Wildman–Crippen LogP) is 4.81. The van der Waals surface area contributed by atoms with Crippen LogP contribution in [0.1, 0.15) is 29.8 Å². The van der Waals surface area contributed by atoms with Crippen LogP contribution in [0, 0.1) is 0 Å². The van der Waals surface area contributed by atoms with Crippen LogP contribution in [-0.2, 0) is 6.54 Å². The number of hydrogen-bond acceptors (Lipinski definition) is 9. The number of hydroxylamine groups is 1. The Morgan fingerprint density at radius 1 is 0.953 bits per heavy atom. The van der Waals surface area contributed by atoms with Gasteiger partial charge in [0.1, 0.15) is 11.5 Å². The molecule has 0 radical (unpaired) electrons. The number of rotatable bonds is 12. The Bertz CT molecular complexity index is 1680. The van der Waals surface area contributed by atoms with Crippen molar-refractivity contribution in [3.8, 4) is 22.8 Å². The van der Waals surface area contributed by atoms with Gasteiger partial charge in [-0.05, 0) is 35.9 Å². The first-order chi connectivity index (χ1) is 20.9. The molecule has 222 valence electrons. The van der Waals surface area contributed by atoms with Gasteiger partial charge in [0.05, 0.1) is 49.9 Å². The van der Waals surface area contributed by atoms with Gasteiger partial charge in [-0.1, -0.05) is 26.0 Å². The Morgan fingerprint density at radius 2 is 1.70 bits per heavy atom. The van der Waals surface area contributed by atoms with Crippen molar-refractivity contribution in [3.05, 3.63) is 90.4 Å². The van der Waals surface area contributed by atoms with Gasteiger partial charge in [-0.25, -0.2) is 10.5 Å². The molecule has 2 aromatic heterocycles. The number of hydrogen-bond donors (Lipinski definition) is 3. The molecule has 5 aromatic rings. The molecule has 0 saturated heterocycles. The van der Waals surface area contributed by atoms with Gasteiger partial charge in [0.15, 0.2) is 0 Å². The van der Waals surface area contributed by atoms with Crippen LogP contribution in [0.2, 0.25) is 0 Å². The summed E-state index contributed by atoms with van der Waals surface area (Å²) in [4.78, 5) is 23.4. The zero-order valence-corrected chi connectivity index (χ0v) is 24.6. The topological polar surface area (TPSA) is 127 Å². The number of fused-ring (bicyclic) bond motifs is 1. The van der Waals surface area contributed by atoms with Gasteiger partial charge in [0.2, 0.25) is 0 Å². The summed E-state index contributed by atoms with van der Waals surface area (Å²) < 4.78 is 12.9. The third kappa shape index (κ3) is 7.08. The van der Waals surface area contributed by atoms with E-state index in [9.17, 15) is 4.79 Å². The van der Waals surface area contributed by atoms with Gasteiger partial charge in [0.25, 0.3) is 5.91 Å². The van der Waals surface area contributed by atoms with E-state index in [1.165, 1.54) is 0 Å². The van der Waals surface area contributed by atoms with Gasteiger partial charge in [0, 0.05) is 66.0 Å². The minimum absolute atomic E-state index is 0.361. The van der Waals surface area contributed by atoms with Gasteiger partial charge in [-0.15, -0.1) is 0 Å². The molecule has 3 N–H and O–H groups in total. The number of anilines is 2. The van der Waals surface area contributed by atoms with E-state index in [4.69, 9.17) is 19.7 Å². The van der Waals surface area contributed by atoms with Crippen molar-refractivity contribution in [2.75, 3.05) is 32.2 Å². The van der Waals surface area contributed by atoms with Crippen LogP contribution in [0.3, 0.4) is 0 Å². The molecular weight excluding hydrogens is 546 g/mol. The van der Waals surface area contributed by atoms with Crippen LogP contribution >= 0.6 is 0 Å². The van der Waals surface area contributed by atoms with Crippen LogP contribution in [0.15, 0.2) is 79.3 Å². The Morgan fingerprint density at radius 3 is 2.37 bits per heavy atom. The van der Waals surface area contributed by atoms with Crippen molar-refractivity contribution in [3.63, 3.8) is 0 Å². The SMILES string of the molecule is COc1cc(OC)cc(N(CCNC(C)C)c2ccc3ncc(-c4cnn(Cc5ccc(C(=O)NO)cc5)c4)nc3c2)c1. The number of nitrogens with zero attached hydrogens (tertiary/aromatic N) is 5. The number of nitrogens with one attached hydrogen (secondary N) is 2. The fraction of sp³-hybridized carbons (Fsp3) is 0.250. The highest BCUT2D eigenvalue weighted by Gasteiger charge is 2.15. The summed E-state index contributed by atoms with van der Waals surface area (Å²) in [5, 5.41) is 16.8. The van der Waals surface area contributed by atoms with E-state index in [2.05, 4.69) is 34.1 Å². The summed E-state index contributed by atoms with van der Waals surface area (Å²) in [5.74, 6) is 0.870. The highest BCUT2D eigenvalue weighted by Crippen LogP contribution is 2.34. The molecule has 11 heteroatoms. The second kappa shape index (κ2) is 13.3.